The molecule has 2 aromatic rings. The first kappa shape index (κ1) is 20.1. The van der Waals surface area contributed by atoms with Crippen LogP contribution in [0.1, 0.15) is 33.6 Å². The van der Waals surface area contributed by atoms with Crippen molar-refractivity contribution < 1.29 is 9.53 Å². The number of likely N-dealkylation sites (tertiary alicyclic amines) is 1. The Morgan fingerprint density at radius 3 is 2.57 bits per heavy atom. The maximum absolute atomic E-state index is 12.4. The van der Waals surface area contributed by atoms with Gasteiger partial charge in [-0.15, -0.1) is 0 Å². The highest BCUT2D eigenvalue weighted by Crippen LogP contribution is 2.42. The van der Waals surface area contributed by atoms with Crippen molar-refractivity contribution in [2.24, 2.45) is 11.8 Å². The molecule has 2 aromatic heterocycles. The van der Waals surface area contributed by atoms with Gasteiger partial charge >= 0.3 is 6.09 Å². The van der Waals surface area contributed by atoms with E-state index in [2.05, 4.69) is 53.2 Å². The van der Waals surface area contributed by atoms with Crippen molar-refractivity contribution in [3.8, 4) is 0 Å². The summed E-state index contributed by atoms with van der Waals surface area (Å²) in [6.45, 7) is 7.34. The minimum absolute atomic E-state index is 0.179. The molecule has 9 heteroatoms. The van der Waals surface area contributed by atoms with Gasteiger partial charge in [0.1, 0.15) is 17.7 Å². The van der Waals surface area contributed by atoms with Gasteiger partial charge in [-0.3, -0.25) is 3.97 Å². The molecule has 1 unspecified atom stereocenters. The zero-order chi connectivity index (χ0) is 20.1. The van der Waals surface area contributed by atoms with E-state index in [1.807, 2.05) is 31.9 Å². The van der Waals surface area contributed by atoms with Crippen LogP contribution in [-0.2, 0) is 4.74 Å². The van der Waals surface area contributed by atoms with Gasteiger partial charge in [0.25, 0.3) is 0 Å². The molecule has 152 valence electrons. The topological polar surface area (TPSA) is 63.5 Å². The van der Waals surface area contributed by atoms with Gasteiger partial charge in [0, 0.05) is 62.7 Å². The number of halogens is 1. The van der Waals surface area contributed by atoms with E-state index in [-0.39, 0.29) is 6.09 Å². The summed E-state index contributed by atoms with van der Waals surface area (Å²) in [7, 11) is 3.74. The van der Waals surface area contributed by atoms with E-state index >= 15 is 0 Å². The fourth-order valence-corrected chi connectivity index (χ4v) is 5.76. The maximum Gasteiger partial charge on any atom is 0.410 e. The lowest BCUT2D eigenvalue weighted by molar-refractivity contribution is 0.0279. The van der Waals surface area contributed by atoms with E-state index in [0.29, 0.717) is 17.9 Å². The number of amides is 1. The third kappa shape index (κ3) is 3.79. The molecule has 1 amide bonds. The second-order valence-electron chi connectivity index (χ2n) is 8.79. The van der Waals surface area contributed by atoms with Crippen molar-refractivity contribution in [3.05, 3.63) is 18.6 Å². The van der Waals surface area contributed by atoms with Crippen LogP contribution in [0, 0.1) is 11.8 Å². The number of hydrogen-bond donors (Lipinski definition) is 0. The highest BCUT2D eigenvalue weighted by atomic mass is 127. The molecule has 4 rings (SSSR count). The van der Waals surface area contributed by atoms with Crippen LogP contribution in [-0.4, -0.2) is 56.7 Å². The number of fused-ring (bicyclic) bond motifs is 2. The van der Waals surface area contributed by atoms with Gasteiger partial charge in [0.15, 0.2) is 5.65 Å². The van der Waals surface area contributed by atoms with Gasteiger partial charge < -0.3 is 14.5 Å². The van der Waals surface area contributed by atoms with E-state index in [4.69, 9.17) is 4.74 Å². The lowest BCUT2D eigenvalue weighted by Crippen LogP contribution is -2.37. The van der Waals surface area contributed by atoms with E-state index in [0.717, 1.165) is 42.8 Å². The number of anilines is 1. The average Bonchev–Trinajstić information content (AvgIpc) is 3.31. The molecule has 0 spiro atoms. The second-order valence-corrected chi connectivity index (χ2v) is 10.5. The molecule has 1 aliphatic heterocycles. The van der Waals surface area contributed by atoms with Gasteiger partial charge in [0.2, 0.25) is 0 Å². The number of carbonyl (C=O) groups excluding carboxylic acids is 1. The summed E-state index contributed by atoms with van der Waals surface area (Å²) in [6.07, 6.45) is 5.66. The summed E-state index contributed by atoms with van der Waals surface area (Å²) in [6, 6.07) is 2.52. The van der Waals surface area contributed by atoms with Crippen LogP contribution in [0.4, 0.5) is 10.6 Å². The van der Waals surface area contributed by atoms with Crippen molar-refractivity contribution in [1.29, 1.82) is 0 Å². The molecule has 3 heterocycles. The van der Waals surface area contributed by atoms with Crippen LogP contribution in [0.2, 0.25) is 0 Å². The van der Waals surface area contributed by atoms with Gasteiger partial charge in [-0.25, -0.2) is 14.8 Å². The first-order chi connectivity index (χ1) is 13.3. The zero-order valence-electron chi connectivity index (χ0n) is 16.6. The molecule has 1 aliphatic carbocycles. The molecule has 2 fully saturated rings. The number of hydrogen-bond acceptors (Lipinski definition) is 6. The quantitative estimate of drug-likeness (QED) is 0.567. The normalized spacial score (nSPS) is 24.6. The number of aromatic nitrogens is 3. The Morgan fingerprint density at radius 1 is 1.29 bits per heavy atom. The number of ether oxygens (including phenoxy) is 1. The minimum atomic E-state index is -0.442. The van der Waals surface area contributed by atoms with Gasteiger partial charge in [-0.1, -0.05) is 0 Å². The van der Waals surface area contributed by atoms with Crippen molar-refractivity contribution in [3.63, 3.8) is 0 Å². The molecule has 1 saturated carbocycles. The Morgan fingerprint density at radius 2 is 1.96 bits per heavy atom. The Hall–Kier alpha value is -1.23. The lowest BCUT2D eigenvalue weighted by atomic mass is 10.0. The Kier molecular flexibility index (Phi) is 5.41. The molecule has 0 bridgehead atoms. The highest BCUT2D eigenvalue weighted by molar-refractivity contribution is 14.2. The largest absolute Gasteiger partial charge is 0.444 e. The highest BCUT2D eigenvalue weighted by Gasteiger charge is 2.44. The van der Waals surface area contributed by atoms with Crippen LogP contribution < -0.4 is 4.90 Å². The smallest absolute Gasteiger partial charge is 0.410 e. The Balaban J connectivity index is 1.44. The van der Waals surface area contributed by atoms with Crippen LogP contribution in [0.15, 0.2) is 18.6 Å². The van der Waals surface area contributed by atoms with Gasteiger partial charge in [-0.05, 0) is 51.5 Å². The van der Waals surface area contributed by atoms with Gasteiger partial charge in [-0.2, -0.15) is 0 Å². The third-order valence-corrected chi connectivity index (χ3v) is 7.48. The first-order valence-electron chi connectivity index (χ1n) is 9.58. The zero-order valence-corrected chi connectivity index (χ0v) is 19.6. The van der Waals surface area contributed by atoms with Crippen LogP contribution in [0.5, 0.6) is 0 Å². The molecular weight excluding hydrogens is 489 g/mol. The molecule has 0 aromatic carbocycles. The molecule has 0 radical (unpaired) electrons. The minimum Gasteiger partial charge on any atom is -0.444 e. The lowest BCUT2D eigenvalue weighted by Gasteiger charge is -2.28. The molecule has 3 atom stereocenters. The van der Waals surface area contributed by atoms with Crippen LogP contribution >= 0.6 is 30.3 Å². The Bertz CT molecular complexity index is 869. The number of rotatable bonds is 3. The van der Waals surface area contributed by atoms with Crippen molar-refractivity contribution in [1.82, 2.24) is 18.8 Å². The SMILES string of the molecule is CN(c1ncnc2c1ccn2SI)C1C[C@@H]2CN(C(=O)OC(C)(C)C)C[C@@H]2C1. The summed E-state index contributed by atoms with van der Waals surface area (Å²) in [5.74, 6) is 2.06. The summed E-state index contributed by atoms with van der Waals surface area (Å²) in [4.78, 5) is 25.6. The monoisotopic (exact) mass is 515 g/mol. The number of nitrogens with zero attached hydrogens (tertiary/aromatic N) is 5. The standard InChI is InChI=1S/C19H26IN5O2S/c1-19(2,3)27-18(26)24-9-12-7-14(8-13(12)10-24)23(4)16-15-5-6-25(28-20)17(15)22-11-21-16/h5-6,11-14H,7-10H2,1-4H3/t12-,13+,14?. The van der Waals surface area contributed by atoms with Gasteiger partial charge in [0.05, 0.1) is 5.39 Å². The summed E-state index contributed by atoms with van der Waals surface area (Å²) in [5, 5.41) is 1.08. The Labute approximate surface area is 181 Å². The fourth-order valence-electron chi connectivity index (χ4n) is 4.48. The summed E-state index contributed by atoms with van der Waals surface area (Å²) in [5.41, 5.74) is 0.508. The molecule has 7 nitrogen and oxygen atoms in total. The van der Waals surface area contributed by atoms with E-state index in [1.54, 1.807) is 15.4 Å². The number of carbonyl (C=O) groups is 1. The van der Waals surface area contributed by atoms with Crippen LogP contribution in [0.3, 0.4) is 0 Å². The summed E-state index contributed by atoms with van der Waals surface area (Å²) >= 11 is 2.26. The average molecular weight is 515 g/mol. The second kappa shape index (κ2) is 7.55. The maximum atomic E-state index is 12.4. The van der Waals surface area contributed by atoms with E-state index < -0.39 is 5.60 Å². The van der Waals surface area contributed by atoms with Crippen LogP contribution in [0.25, 0.3) is 11.0 Å². The predicted molar refractivity (Wildman–Crippen MR) is 121 cm³/mol. The molecule has 28 heavy (non-hydrogen) atoms. The summed E-state index contributed by atoms with van der Waals surface area (Å²) < 4.78 is 7.60. The van der Waals surface area contributed by atoms with Crippen molar-refractivity contribution in [2.45, 2.75) is 45.3 Å². The van der Waals surface area contributed by atoms with Crippen molar-refractivity contribution in [2.75, 3.05) is 25.0 Å². The first-order valence-corrected chi connectivity index (χ1v) is 12.9. The molecule has 1 saturated heterocycles. The predicted octanol–water partition coefficient (Wildman–Crippen LogP) is 4.36. The molecular formula is C19H26IN5O2S. The van der Waals surface area contributed by atoms with E-state index in [9.17, 15) is 4.79 Å². The molecule has 2 aliphatic rings. The van der Waals surface area contributed by atoms with Crippen molar-refractivity contribution >= 4 is 53.3 Å². The van der Waals surface area contributed by atoms with E-state index in [1.165, 1.54) is 0 Å². The third-order valence-electron chi connectivity index (χ3n) is 5.76. The molecule has 0 N–H and O–H groups in total. The fraction of sp³-hybridized carbons (Fsp3) is 0.632.